The molecule has 0 aliphatic rings. The normalized spacial score (nSPS) is 11.4. The summed E-state index contributed by atoms with van der Waals surface area (Å²) in [5, 5.41) is 0. The second-order valence-corrected chi connectivity index (χ2v) is 10.5. The fourth-order valence-electron chi connectivity index (χ4n) is 4.37. The van der Waals surface area contributed by atoms with Crippen LogP contribution in [-0.2, 0) is 20.8 Å². The van der Waals surface area contributed by atoms with E-state index in [1.165, 1.54) is 0 Å². The van der Waals surface area contributed by atoms with Gasteiger partial charge >= 0.3 is 0 Å². The lowest BCUT2D eigenvalue weighted by Gasteiger charge is -2.13. The van der Waals surface area contributed by atoms with Crippen LogP contribution in [0.1, 0.15) is 5.56 Å². The smallest absolute Gasteiger partial charge is 0.260 e. The van der Waals surface area contributed by atoms with Gasteiger partial charge in [-0.15, -0.1) is 0 Å². The van der Waals surface area contributed by atoms with Gasteiger partial charge in [-0.05, 0) is 54.4 Å². The Morgan fingerprint density at radius 2 is 1.05 bits per heavy atom. The Hall–Kier alpha value is -4.06. The molecule has 0 aliphatic carbocycles. The predicted octanol–water partition coefficient (Wildman–Crippen LogP) is 6.69. The first-order chi connectivity index (χ1) is 18.0. The van der Waals surface area contributed by atoms with Crippen molar-refractivity contribution in [3.63, 3.8) is 0 Å². The van der Waals surface area contributed by atoms with Gasteiger partial charge in [0, 0.05) is 23.3 Å². The maximum absolute atomic E-state index is 12.9. The van der Waals surface area contributed by atoms with Gasteiger partial charge < -0.3 is 0 Å². The molecule has 0 aliphatic heterocycles. The van der Waals surface area contributed by atoms with Crippen LogP contribution < -0.4 is 4.57 Å². The van der Waals surface area contributed by atoms with Gasteiger partial charge in [-0.1, -0.05) is 84.4 Å². The fourth-order valence-corrected chi connectivity index (χ4v) is 5.27. The fraction of sp³-hybridized carbons (Fsp3) is 0.0938. The molecule has 5 heteroatoms. The zero-order chi connectivity index (χ0) is 25.7. The van der Waals surface area contributed by atoms with Crippen molar-refractivity contribution < 1.29 is 17.2 Å². The molecule has 1 heterocycles. The molecule has 5 aromatic rings. The van der Waals surface area contributed by atoms with Crippen molar-refractivity contribution in [2.75, 3.05) is 6.61 Å². The van der Waals surface area contributed by atoms with Crippen molar-refractivity contribution in [1.82, 2.24) is 0 Å². The Balaban J connectivity index is 1.58. The summed E-state index contributed by atoms with van der Waals surface area (Å²) in [5.41, 5.74) is 7.24. The standard InChI is InChI=1S/C32H28NO3S/c1-25-17-19-30(20-18-25)37(34,35)36-22-21-33-31(27-13-7-3-8-14-27)23-29(26-11-5-2-6-12-26)24-32(33)28-15-9-4-10-16-28/h2-20,23-24H,21-22H2,1H3/q+1. The van der Waals surface area contributed by atoms with Gasteiger partial charge in [-0.2, -0.15) is 13.0 Å². The van der Waals surface area contributed by atoms with E-state index < -0.39 is 10.1 Å². The molecule has 0 bridgehead atoms. The summed E-state index contributed by atoms with van der Waals surface area (Å²) in [6, 6.07) is 41.6. The average Bonchev–Trinajstić information content (AvgIpc) is 2.94. The minimum atomic E-state index is -3.87. The zero-order valence-electron chi connectivity index (χ0n) is 20.6. The molecule has 0 N–H and O–H groups in total. The zero-order valence-corrected chi connectivity index (χ0v) is 21.4. The molecule has 1 aromatic heterocycles. The highest BCUT2D eigenvalue weighted by atomic mass is 32.2. The molecule has 37 heavy (non-hydrogen) atoms. The largest absolute Gasteiger partial charge is 0.297 e. The molecule has 4 aromatic carbocycles. The lowest BCUT2D eigenvalue weighted by atomic mass is 9.99. The van der Waals surface area contributed by atoms with Crippen LogP contribution in [0, 0.1) is 6.92 Å². The van der Waals surface area contributed by atoms with E-state index in [4.69, 9.17) is 4.18 Å². The van der Waals surface area contributed by atoms with Crippen molar-refractivity contribution >= 4 is 10.1 Å². The molecular formula is C32H28NO3S+. The van der Waals surface area contributed by atoms with Crippen LogP contribution in [0.5, 0.6) is 0 Å². The second-order valence-electron chi connectivity index (χ2n) is 8.85. The van der Waals surface area contributed by atoms with Crippen molar-refractivity contribution in [2.45, 2.75) is 18.4 Å². The summed E-state index contributed by atoms with van der Waals surface area (Å²) in [4.78, 5) is 0.161. The maximum Gasteiger partial charge on any atom is 0.297 e. The Morgan fingerprint density at radius 1 is 0.595 bits per heavy atom. The summed E-state index contributed by atoms with van der Waals surface area (Å²) >= 11 is 0. The second kappa shape index (κ2) is 10.9. The summed E-state index contributed by atoms with van der Waals surface area (Å²) in [6.45, 7) is 2.28. The van der Waals surface area contributed by atoms with Crippen LogP contribution in [0.2, 0.25) is 0 Å². The third-order valence-electron chi connectivity index (χ3n) is 6.28. The SMILES string of the molecule is Cc1ccc(S(=O)(=O)OCC[n+]2c(-c3ccccc3)cc(-c3ccccc3)cc2-c2ccccc2)cc1. The predicted molar refractivity (Wildman–Crippen MR) is 147 cm³/mol. The van der Waals surface area contributed by atoms with Crippen molar-refractivity contribution in [3.8, 4) is 33.6 Å². The molecule has 0 radical (unpaired) electrons. The van der Waals surface area contributed by atoms with Gasteiger partial charge in [-0.3, -0.25) is 4.18 Å². The number of pyridine rings is 1. The lowest BCUT2D eigenvalue weighted by Crippen LogP contribution is -2.41. The number of aryl methyl sites for hydroxylation is 1. The third-order valence-corrected chi connectivity index (χ3v) is 7.60. The Morgan fingerprint density at radius 3 is 1.54 bits per heavy atom. The molecule has 0 amide bonds. The lowest BCUT2D eigenvalue weighted by molar-refractivity contribution is -0.676. The number of aromatic nitrogens is 1. The number of benzene rings is 4. The quantitative estimate of drug-likeness (QED) is 0.174. The number of hydrogen-bond acceptors (Lipinski definition) is 3. The van der Waals surface area contributed by atoms with E-state index in [1.54, 1.807) is 24.3 Å². The first-order valence-electron chi connectivity index (χ1n) is 12.2. The molecular weight excluding hydrogens is 478 g/mol. The molecule has 0 spiro atoms. The molecule has 5 rings (SSSR count). The van der Waals surface area contributed by atoms with Crippen LogP contribution in [-0.4, -0.2) is 15.0 Å². The minimum absolute atomic E-state index is 0.00519. The molecule has 4 nitrogen and oxygen atoms in total. The highest BCUT2D eigenvalue weighted by Crippen LogP contribution is 2.29. The monoisotopic (exact) mass is 506 g/mol. The van der Waals surface area contributed by atoms with Crippen molar-refractivity contribution in [3.05, 3.63) is 133 Å². The van der Waals surface area contributed by atoms with Gasteiger partial charge in [0.05, 0.1) is 4.90 Å². The van der Waals surface area contributed by atoms with Crippen LogP contribution in [0.25, 0.3) is 33.6 Å². The highest BCUT2D eigenvalue weighted by Gasteiger charge is 2.24. The number of hydrogen-bond donors (Lipinski definition) is 0. The molecule has 0 fully saturated rings. The first-order valence-corrected chi connectivity index (χ1v) is 13.6. The first kappa shape index (κ1) is 24.6. The molecule has 184 valence electrons. The van der Waals surface area contributed by atoms with Gasteiger partial charge in [-0.25, -0.2) is 0 Å². The summed E-state index contributed by atoms with van der Waals surface area (Å²) in [6.07, 6.45) is 0. The Kier molecular flexibility index (Phi) is 7.26. The van der Waals surface area contributed by atoms with E-state index >= 15 is 0 Å². The summed E-state index contributed by atoms with van der Waals surface area (Å²) < 4.78 is 33.4. The van der Waals surface area contributed by atoms with Crippen molar-refractivity contribution in [2.24, 2.45) is 0 Å². The third kappa shape index (κ3) is 5.69. The average molecular weight is 507 g/mol. The van der Waals surface area contributed by atoms with Gasteiger partial charge in [0.25, 0.3) is 10.1 Å². The summed E-state index contributed by atoms with van der Waals surface area (Å²) in [5.74, 6) is 0. The molecule has 0 saturated carbocycles. The van der Waals surface area contributed by atoms with E-state index in [1.807, 2.05) is 61.5 Å². The minimum Gasteiger partial charge on any atom is -0.260 e. The maximum atomic E-state index is 12.9. The van der Waals surface area contributed by atoms with Crippen molar-refractivity contribution in [1.29, 1.82) is 0 Å². The van der Waals surface area contributed by atoms with E-state index in [-0.39, 0.29) is 11.5 Å². The van der Waals surface area contributed by atoms with Crippen LogP contribution in [0.15, 0.2) is 132 Å². The Bertz CT molecular complexity index is 1520. The van der Waals surface area contributed by atoms with Gasteiger partial charge in [0.15, 0.2) is 6.54 Å². The van der Waals surface area contributed by atoms with E-state index in [0.717, 1.165) is 39.2 Å². The van der Waals surface area contributed by atoms with Gasteiger partial charge in [0.2, 0.25) is 11.4 Å². The van der Waals surface area contributed by atoms with E-state index in [9.17, 15) is 8.42 Å². The highest BCUT2D eigenvalue weighted by molar-refractivity contribution is 7.86. The molecule has 0 atom stereocenters. The van der Waals surface area contributed by atoms with Crippen LogP contribution in [0.4, 0.5) is 0 Å². The molecule has 0 saturated heterocycles. The topological polar surface area (TPSA) is 47.3 Å². The number of nitrogens with zero attached hydrogens (tertiary/aromatic N) is 1. The Labute approximate surface area is 218 Å². The van der Waals surface area contributed by atoms with Crippen LogP contribution in [0.3, 0.4) is 0 Å². The van der Waals surface area contributed by atoms with Gasteiger partial charge in [0.1, 0.15) is 6.61 Å². The van der Waals surface area contributed by atoms with Crippen LogP contribution >= 0.6 is 0 Å². The van der Waals surface area contributed by atoms with E-state index in [2.05, 4.69) is 53.1 Å². The number of rotatable bonds is 8. The molecule has 0 unspecified atom stereocenters. The summed E-state index contributed by atoms with van der Waals surface area (Å²) in [7, 11) is -3.87. The van der Waals surface area contributed by atoms with E-state index in [0.29, 0.717) is 6.54 Å².